The number of ether oxygens (including phenoxy) is 2. The second-order valence-corrected chi connectivity index (χ2v) is 7.69. The molecule has 0 aliphatic rings. The van der Waals surface area contributed by atoms with Gasteiger partial charge in [0.15, 0.2) is 0 Å². The molecule has 0 bridgehead atoms. The predicted molar refractivity (Wildman–Crippen MR) is 136 cm³/mol. The fourth-order valence-electron chi connectivity index (χ4n) is 3.46. The van der Waals surface area contributed by atoms with Gasteiger partial charge < -0.3 is 14.8 Å². The summed E-state index contributed by atoms with van der Waals surface area (Å²) >= 11 is 0. The normalized spacial score (nSPS) is 10.1. The first-order valence-corrected chi connectivity index (χ1v) is 11.1. The van der Waals surface area contributed by atoms with E-state index in [4.69, 9.17) is 9.47 Å². The minimum Gasteiger partial charge on any atom is -0.465 e. The lowest BCUT2D eigenvalue weighted by atomic mass is 9.98. The van der Waals surface area contributed by atoms with Crippen LogP contribution >= 0.6 is 0 Å². The van der Waals surface area contributed by atoms with Crippen LogP contribution in [0.3, 0.4) is 0 Å². The topological polar surface area (TPSA) is 90.4 Å². The monoisotopic (exact) mass is 477 g/mol. The Labute approximate surface area is 209 Å². The average Bonchev–Trinajstić information content (AvgIpc) is 2.93. The number of carbonyl (C=O) groups excluding carboxylic acids is 2. The fourth-order valence-corrected chi connectivity index (χ4v) is 3.46. The maximum Gasteiger partial charge on any atom is 0.338 e. The van der Waals surface area contributed by atoms with Crippen molar-refractivity contribution in [1.82, 2.24) is 9.97 Å². The fraction of sp³-hybridized carbons (Fsp3) is 0.103. The van der Waals surface area contributed by atoms with Gasteiger partial charge in [-0.3, -0.25) is 14.8 Å². The largest absolute Gasteiger partial charge is 0.465 e. The zero-order chi connectivity index (χ0) is 25.2. The number of nitrogens with zero attached hydrogens (tertiary/aromatic N) is 2. The number of pyridine rings is 2. The van der Waals surface area contributed by atoms with Gasteiger partial charge in [0.1, 0.15) is 6.61 Å². The van der Waals surface area contributed by atoms with E-state index < -0.39 is 5.97 Å². The smallest absolute Gasteiger partial charge is 0.338 e. The van der Waals surface area contributed by atoms with E-state index in [0.29, 0.717) is 34.5 Å². The molecule has 0 aliphatic carbocycles. The molecule has 36 heavy (non-hydrogen) atoms. The van der Waals surface area contributed by atoms with Crippen LogP contribution in [0.5, 0.6) is 0 Å². The lowest BCUT2D eigenvalue weighted by Gasteiger charge is -2.14. The van der Waals surface area contributed by atoms with Gasteiger partial charge in [-0.1, -0.05) is 48.2 Å². The number of esters is 1. The molecule has 2 aromatic carbocycles. The summed E-state index contributed by atoms with van der Waals surface area (Å²) in [6, 6.07) is 20.2. The molecule has 0 saturated carbocycles. The van der Waals surface area contributed by atoms with E-state index in [2.05, 4.69) is 27.1 Å². The number of nitrogens with one attached hydrogen (secondary N) is 1. The van der Waals surface area contributed by atoms with Crippen molar-refractivity contribution in [2.75, 3.05) is 19.0 Å². The van der Waals surface area contributed by atoms with E-state index >= 15 is 0 Å². The van der Waals surface area contributed by atoms with Crippen LogP contribution in [0, 0.1) is 11.8 Å². The van der Waals surface area contributed by atoms with E-state index in [0.717, 1.165) is 11.1 Å². The zero-order valence-electron chi connectivity index (χ0n) is 19.6. The molecule has 0 unspecified atom stereocenters. The highest BCUT2D eigenvalue weighted by Gasteiger charge is 2.17. The van der Waals surface area contributed by atoms with E-state index in [1.807, 2.05) is 48.5 Å². The Hall–Kier alpha value is -4.80. The molecule has 7 nitrogen and oxygen atoms in total. The van der Waals surface area contributed by atoms with Crippen LogP contribution in [0.2, 0.25) is 0 Å². The first-order valence-electron chi connectivity index (χ1n) is 11.1. The zero-order valence-corrected chi connectivity index (χ0v) is 19.6. The molecule has 0 radical (unpaired) electrons. The van der Waals surface area contributed by atoms with Gasteiger partial charge in [0.2, 0.25) is 5.91 Å². The van der Waals surface area contributed by atoms with Gasteiger partial charge in [0, 0.05) is 52.7 Å². The number of benzene rings is 2. The number of methoxy groups -OCH3 is 1. The number of hydrogen-bond acceptors (Lipinski definition) is 6. The minimum atomic E-state index is -0.503. The molecule has 7 heteroatoms. The molecular formula is C29H23N3O4. The Morgan fingerprint density at radius 3 is 2.44 bits per heavy atom. The Balaban J connectivity index is 1.62. The number of hydrogen-bond donors (Lipinski definition) is 1. The lowest BCUT2D eigenvalue weighted by Crippen LogP contribution is -2.19. The third-order valence-electron chi connectivity index (χ3n) is 5.17. The van der Waals surface area contributed by atoms with Gasteiger partial charge in [0.05, 0.1) is 19.3 Å². The van der Waals surface area contributed by atoms with Crippen molar-refractivity contribution < 1.29 is 19.1 Å². The summed E-state index contributed by atoms with van der Waals surface area (Å²) in [6.07, 6.45) is 6.43. The second-order valence-electron chi connectivity index (χ2n) is 7.69. The molecule has 0 saturated heterocycles. The van der Waals surface area contributed by atoms with Crippen molar-refractivity contribution >= 4 is 17.6 Å². The highest BCUT2D eigenvalue weighted by atomic mass is 16.5. The molecule has 0 atom stereocenters. The first kappa shape index (κ1) is 24.3. The Bertz CT molecular complexity index is 1410. The molecule has 1 N–H and O–H groups in total. The van der Waals surface area contributed by atoms with Crippen molar-refractivity contribution in [3.8, 4) is 23.0 Å². The summed E-state index contributed by atoms with van der Waals surface area (Å²) in [4.78, 5) is 33.4. The van der Waals surface area contributed by atoms with Crippen LogP contribution in [0.25, 0.3) is 11.1 Å². The van der Waals surface area contributed by atoms with E-state index in [1.165, 1.54) is 13.3 Å². The van der Waals surface area contributed by atoms with Crippen LogP contribution < -0.4 is 5.32 Å². The Morgan fingerprint density at radius 1 is 0.861 bits per heavy atom. The maximum atomic E-state index is 12.8. The highest BCUT2D eigenvalue weighted by Crippen LogP contribution is 2.31. The van der Waals surface area contributed by atoms with Gasteiger partial charge in [-0.15, -0.1) is 0 Å². The Morgan fingerprint density at radius 2 is 1.67 bits per heavy atom. The molecule has 2 heterocycles. The second kappa shape index (κ2) is 12.1. The number of aromatic nitrogens is 2. The summed E-state index contributed by atoms with van der Waals surface area (Å²) in [6.45, 7) is 0.170. The Kier molecular flexibility index (Phi) is 8.15. The number of rotatable bonds is 7. The maximum absolute atomic E-state index is 12.8. The quantitative estimate of drug-likeness (QED) is 0.312. The van der Waals surface area contributed by atoms with Gasteiger partial charge in [-0.25, -0.2) is 4.79 Å². The molecule has 1 amide bonds. The van der Waals surface area contributed by atoms with Crippen molar-refractivity contribution in [2.24, 2.45) is 0 Å². The summed E-state index contributed by atoms with van der Waals surface area (Å²) in [5, 5.41) is 2.89. The predicted octanol–water partition coefficient (Wildman–Crippen LogP) is 4.49. The van der Waals surface area contributed by atoms with Crippen LogP contribution in [0.1, 0.15) is 27.0 Å². The molecule has 4 rings (SSSR count). The van der Waals surface area contributed by atoms with Crippen molar-refractivity contribution in [1.29, 1.82) is 0 Å². The molecular weight excluding hydrogens is 454 g/mol. The molecule has 0 spiro atoms. The third-order valence-corrected chi connectivity index (χ3v) is 5.17. The third kappa shape index (κ3) is 6.41. The number of amides is 1. The van der Waals surface area contributed by atoms with Crippen LogP contribution in [-0.2, 0) is 20.9 Å². The summed E-state index contributed by atoms with van der Waals surface area (Å²) in [7, 11) is 1.32. The molecule has 2 aromatic heterocycles. The van der Waals surface area contributed by atoms with Gasteiger partial charge in [0.25, 0.3) is 0 Å². The van der Waals surface area contributed by atoms with E-state index in [1.54, 1.807) is 36.8 Å². The summed E-state index contributed by atoms with van der Waals surface area (Å²) < 4.78 is 10.5. The molecule has 0 fully saturated rings. The van der Waals surface area contributed by atoms with Gasteiger partial charge >= 0.3 is 5.97 Å². The van der Waals surface area contributed by atoms with E-state index in [9.17, 15) is 9.59 Å². The van der Waals surface area contributed by atoms with Gasteiger partial charge in [-0.05, 0) is 35.9 Å². The van der Waals surface area contributed by atoms with E-state index in [-0.39, 0.29) is 12.5 Å². The van der Waals surface area contributed by atoms with Crippen LogP contribution in [0.15, 0.2) is 91.5 Å². The lowest BCUT2D eigenvalue weighted by molar-refractivity contribution is -0.121. The SMILES string of the molecule is COC(=O)c1ccncc1-c1ccc(C#Cc2cccnc2)cc1NC(=O)COCc1ccccc1. The molecule has 0 aliphatic heterocycles. The highest BCUT2D eigenvalue weighted by molar-refractivity contribution is 6.02. The average molecular weight is 478 g/mol. The molecule has 4 aromatic rings. The summed E-state index contributed by atoms with van der Waals surface area (Å²) in [5.41, 5.74) is 4.34. The van der Waals surface area contributed by atoms with Crippen LogP contribution in [0.4, 0.5) is 5.69 Å². The first-order chi connectivity index (χ1) is 17.6. The summed E-state index contributed by atoms with van der Waals surface area (Å²) in [5.74, 6) is 5.30. The number of anilines is 1. The van der Waals surface area contributed by atoms with Gasteiger partial charge in [-0.2, -0.15) is 0 Å². The minimum absolute atomic E-state index is 0.142. The van der Waals surface area contributed by atoms with Crippen molar-refractivity contribution in [3.63, 3.8) is 0 Å². The van der Waals surface area contributed by atoms with Crippen LogP contribution in [-0.4, -0.2) is 35.6 Å². The van der Waals surface area contributed by atoms with Crippen molar-refractivity contribution in [3.05, 3.63) is 114 Å². The number of carbonyl (C=O) groups is 2. The molecule has 178 valence electrons. The standard InChI is InChI=1S/C29H23N3O4/c1-35-29(34)25-13-15-31-18-26(25)24-12-11-21(9-10-22-8-5-14-30-17-22)16-27(24)32-28(33)20-36-19-23-6-3-2-4-7-23/h2-8,11-18H,19-20H2,1H3,(H,32,33). The van der Waals surface area contributed by atoms with Crippen molar-refractivity contribution in [2.45, 2.75) is 6.61 Å².